The van der Waals surface area contributed by atoms with Gasteiger partial charge >= 0.3 is 0 Å². The predicted molar refractivity (Wildman–Crippen MR) is 71.0 cm³/mol. The van der Waals surface area contributed by atoms with Crippen LogP contribution in [0.1, 0.15) is 10.6 Å². The molecule has 0 saturated carbocycles. The van der Waals surface area contributed by atoms with E-state index in [1.54, 1.807) is 17.5 Å². The lowest BCUT2D eigenvalue weighted by Crippen LogP contribution is -2.07. The Morgan fingerprint density at radius 3 is 3.00 bits per heavy atom. The van der Waals surface area contributed by atoms with E-state index in [9.17, 15) is 0 Å². The van der Waals surface area contributed by atoms with Crippen LogP contribution < -0.4 is 5.32 Å². The van der Waals surface area contributed by atoms with E-state index in [0.29, 0.717) is 0 Å². The second-order valence-electron chi connectivity index (χ2n) is 3.42. The zero-order valence-electron chi connectivity index (χ0n) is 8.90. The molecule has 0 bridgehead atoms. The Balaban J connectivity index is 1.90. The molecule has 5 heteroatoms. The maximum atomic E-state index is 4.32. The molecule has 84 valence electrons. The number of pyridine rings is 1. The highest BCUT2D eigenvalue weighted by Crippen LogP contribution is 2.16. The van der Waals surface area contributed by atoms with Crippen molar-refractivity contribution in [1.82, 2.24) is 9.97 Å². The molecule has 0 aliphatic rings. The third kappa shape index (κ3) is 3.02. The monoisotopic (exact) mass is 297 g/mol. The van der Waals surface area contributed by atoms with Gasteiger partial charge in [0.05, 0.1) is 5.01 Å². The van der Waals surface area contributed by atoms with Crippen molar-refractivity contribution in [3.63, 3.8) is 0 Å². The number of hydrogen-bond acceptors (Lipinski definition) is 4. The first-order chi connectivity index (χ1) is 7.75. The molecule has 0 aliphatic heterocycles. The van der Waals surface area contributed by atoms with Gasteiger partial charge in [-0.1, -0.05) is 0 Å². The lowest BCUT2D eigenvalue weighted by Gasteiger charge is -2.07. The molecule has 0 amide bonds. The topological polar surface area (TPSA) is 37.8 Å². The molecule has 2 aromatic heterocycles. The maximum Gasteiger partial charge on any atom is 0.128 e. The Labute approximate surface area is 107 Å². The molecule has 0 aromatic carbocycles. The molecular weight excluding hydrogens is 286 g/mol. The van der Waals surface area contributed by atoms with Gasteiger partial charge in [-0.2, -0.15) is 0 Å². The van der Waals surface area contributed by atoms with Crippen molar-refractivity contribution in [2.45, 2.75) is 13.3 Å². The molecule has 0 unspecified atom stereocenters. The fourth-order valence-corrected chi connectivity index (χ4v) is 2.46. The van der Waals surface area contributed by atoms with Crippen LogP contribution in [0.3, 0.4) is 0 Å². The van der Waals surface area contributed by atoms with E-state index >= 15 is 0 Å². The van der Waals surface area contributed by atoms with E-state index in [2.05, 4.69) is 37.3 Å². The van der Waals surface area contributed by atoms with E-state index < -0.39 is 0 Å². The minimum Gasteiger partial charge on any atom is -0.369 e. The van der Waals surface area contributed by atoms with Crippen LogP contribution in [0.25, 0.3) is 0 Å². The van der Waals surface area contributed by atoms with E-state index in [0.717, 1.165) is 33.8 Å². The van der Waals surface area contributed by atoms with Crippen molar-refractivity contribution in [1.29, 1.82) is 0 Å². The number of nitrogens with one attached hydrogen (secondary N) is 1. The van der Waals surface area contributed by atoms with Crippen LogP contribution in [0.5, 0.6) is 0 Å². The lowest BCUT2D eigenvalue weighted by molar-refractivity contribution is 0.983. The average molecular weight is 298 g/mol. The average Bonchev–Trinajstić information content (AvgIpc) is 2.74. The molecule has 0 saturated heterocycles. The summed E-state index contributed by atoms with van der Waals surface area (Å²) in [6, 6.07) is 2.05. The van der Waals surface area contributed by atoms with E-state index in [1.807, 2.05) is 18.5 Å². The van der Waals surface area contributed by atoms with E-state index in [1.165, 1.54) is 0 Å². The Morgan fingerprint density at radius 1 is 1.44 bits per heavy atom. The van der Waals surface area contributed by atoms with Gasteiger partial charge in [-0.25, -0.2) is 9.97 Å². The van der Waals surface area contributed by atoms with E-state index in [4.69, 9.17) is 0 Å². The number of aryl methyl sites for hydroxylation is 1. The Morgan fingerprint density at radius 2 is 2.31 bits per heavy atom. The molecule has 0 spiro atoms. The zero-order chi connectivity index (χ0) is 11.4. The molecule has 0 radical (unpaired) electrons. The van der Waals surface area contributed by atoms with Gasteiger partial charge in [0, 0.05) is 35.2 Å². The summed E-state index contributed by atoms with van der Waals surface area (Å²) in [4.78, 5) is 8.56. The third-order valence-corrected chi connectivity index (χ3v) is 3.43. The van der Waals surface area contributed by atoms with Gasteiger partial charge in [-0.05, 0) is 34.5 Å². The number of rotatable bonds is 4. The van der Waals surface area contributed by atoms with Crippen LogP contribution in [-0.4, -0.2) is 16.5 Å². The number of anilines is 1. The Kier molecular flexibility index (Phi) is 3.90. The summed E-state index contributed by atoms with van der Waals surface area (Å²) in [5.41, 5.74) is 1.15. The quantitative estimate of drug-likeness (QED) is 0.941. The van der Waals surface area contributed by atoms with Gasteiger partial charge in [-0.15, -0.1) is 11.3 Å². The summed E-state index contributed by atoms with van der Waals surface area (Å²) in [6.07, 6.45) is 4.58. The first kappa shape index (κ1) is 11.5. The van der Waals surface area contributed by atoms with Gasteiger partial charge in [-0.3, -0.25) is 0 Å². The van der Waals surface area contributed by atoms with Gasteiger partial charge in [0.1, 0.15) is 5.82 Å². The van der Waals surface area contributed by atoms with Crippen molar-refractivity contribution in [2.75, 3.05) is 11.9 Å². The number of thiazole rings is 1. The minimum absolute atomic E-state index is 0.864. The molecule has 1 N–H and O–H groups in total. The highest BCUT2D eigenvalue weighted by molar-refractivity contribution is 9.10. The molecule has 3 nitrogen and oxygen atoms in total. The van der Waals surface area contributed by atoms with Crippen molar-refractivity contribution < 1.29 is 0 Å². The Hall–Kier alpha value is -0.940. The van der Waals surface area contributed by atoms with Gasteiger partial charge in [0.15, 0.2) is 0 Å². The smallest absolute Gasteiger partial charge is 0.128 e. The van der Waals surface area contributed by atoms with Crippen molar-refractivity contribution in [2.24, 2.45) is 0 Å². The van der Waals surface area contributed by atoms with Crippen LogP contribution in [0.4, 0.5) is 5.82 Å². The third-order valence-electron chi connectivity index (χ3n) is 2.16. The maximum absolute atomic E-state index is 4.32. The minimum atomic E-state index is 0.864. The summed E-state index contributed by atoms with van der Waals surface area (Å²) in [5, 5.41) is 6.47. The van der Waals surface area contributed by atoms with Gasteiger partial charge in [0.2, 0.25) is 0 Å². The zero-order valence-corrected chi connectivity index (χ0v) is 11.3. The summed E-state index contributed by atoms with van der Waals surface area (Å²) in [7, 11) is 0. The molecular formula is C11H12BrN3S. The second-order valence-corrected chi connectivity index (χ2v) is 5.32. The Bertz CT molecular complexity index is 456. The van der Waals surface area contributed by atoms with Gasteiger partial charge in [0.25, 0.3) is 0 Å². The molecule has 16 heavy (non-hydrogen) atoms. The normalized spacial score (nSPS) is 10.4. The summed E-state index contributed by atoms with van der Waals surface area (Å²) in [6.45, 7) is 2.91. The lowest BCUT2D eigenvalue weighted by atomic mass is 10.3. The number of nitrogens with zero attached hydrogens (tertiary/aromatic N) is 2. The fourth-order valence-electron chi connectivity index (χ4n) is 1.39. The summed E-state index contributed by atoms with van der Waals surface area (Å²) < 4.78 is 1.01. The molecule has 0 aliphatic carbocycles. The van der Waals surface area contributed by atoms with Crippen LogP contribution in [0.2, 0.25) is 0 Å². The molecule has 0 fully saturated rings. The van der Waals surface area contributed by atoms with Crippen LogP contribution in [0, 0.1) is 6.92 Å². The highest BCUT2D eigenvalue weighted by Gasteiger charge is 2.00. The number of aromatic nitrogens is 2. The molecule has 2 aromatic rings. The van der Waals surface area contributed by atoms with Crippen molar-refractivity contribution in [3.05, 3.63) is 38.9 Å². The number of hydrogen-bond donors (Lipinski definition) is 1. The first-order valence-corrected chi connectivity index (χ1v) is 6.67. The van der Waals surface area contributed by atoms with E-state index in [-0.39, 0.29) is 0 Å². The molecule has 2 rings (SSSR count). The van der Waals surface area contributed by atoms with Crippen LogP contribution in [-0.2, 0) is 6.42 Å². The summed E-state index contributed by atoms with van der Waals surface area (Å²) >= 11 is 5.08. The van der Waals surface area contributed by atoms with Crippen molar-refractivity contribution in [3.8, 4) is 0 Å². The SMILES string of the molecule is Cc1cc(Br)cnc1NCCc1nccs1. The molecule has 2 heterocycles. The fraction of sp³-hybridized carbons (Fsp3) is 0.273. The van der Waals surface area contributed by atoms with Gasteiger partial charge < -0.3 is 5.32 Å². The van der Waals surface area contributed by atoms with Crippen molar-refractivity contribution >= 4 is 33.1 Å². The largest absolute Gasteiger partial charge is 0.369 e. The highest BCUT2D eigenvalue weighted by atomic mass is 79.9. The standard InChI is InChI=1S/C11H12BrN3S/c1-8-6-9(12)7-15-11(8)14-3-2-10-13-4-5-16-10/h4-7H,2-3H2,1H3,(H,14,15). The summed E-state index contributed by atoms with van der Waals surface area (Å²) in [5.74, 6) is 0.944. The second kappa shape index (κ2) is 5.41. The first-order valence-electron chi connectivity index (χ1n) is 5.00. The predicted octanol–water partition coefficient (Wildman–Crippen LogP) is 3.26. The van der Waals surface area contributed by atoms with Crippen LogP contribution >= 0.6 is 27.3 Å². The molecule has 0 atom stereocenters. The number of halogens is 1. The van der Waals surface area contributed by atoms with Crippen LogP contribution in [0.15, 0.2) is 28.3 Å².